The minimum absolute atomic E-state index is 0.0488. The maximum absolute atomic E-state index is 12.1. The summed E-state index contributed by atoms with van der Waals surface area (Å²) in [6.45, 7) is 3.31. The van der Waals surface area contributed by atoms with Crippen LogP contribution in [0.25, 0.3) is 0 Å². The Morgan fingerprint density at radius 2 is 1.24 bits per heavy atom. The van der Waals surface area contributed by atoms with E-state index in [9.17, 15) is 9.46 Å². The van der Waals surface area contributed by atoms with Crippen LogP contribution in [-0.2, 0) is 9.09 Å². The third-order valence-corrected chi connectivity index (χ3v) is 7.60. The van der Waals surface area contributed by atoms with Crippen molar-refractivity contribution in [3.05, 3.63) is 0 Å². The van der Waals surface area contributed by atoms with Gasteiger partial charge in [-0.25, -0.2) is 0 Å². The van der Waals surface area contributed by atoms with Crippen LogP contribution in [0.2, 0.25) is 0 Å². The quantitative estimate of drug-likeness (QED) is 0.0847. The van der Waals surface area contributed by atoms with Crippen molar-refractivity contribution in [2.45, 2.75) is 108 Å². The number of quaternary nitrogens is 1. The summed E-state index contributed by atoms with van der Waals surface area (Å²) < 4.78 is 18.1. The second kappa shape index (κ2) is 18.1. The zero-order valence-corrected chi connectivity index (χ0v) is 21.7. The monoisotopic (exact) mass is 452 g/mol. The van der Waals surface area contributed by atoms with E-state index in [2.05, 4.69) is 19.6 Å². The molecule has 0 aliphatic rings. The normalized spacial score (nSPS) is 15.4. The fourth-order valence-corrected chi connectivity index (χ4v) is 5.43. The van der Waals surface area contributed by atoms with Crippen LogP contribution >= 0.6 is 20.2 Å². The molecule has 0 amide bonds. The fourth-order valence-electron chi connectivity index (χ4n) is 3.44. The van der Waals surface area contributed by atoms with Crippen molar-refractivity contribution in [3.63, 3.8) is 0 Å². The topological polar surface area (TPSA) is 46.5 Å². The van der Waals surface area contributed by atoms with Crippen molar-refractivity contribution in [2.75, 3.05) is 40.5 Å². The standard InChI is InChI=1S/C23H50NO3PS/c1-5-6-7-8-9-10-11-12-13-14-15-16-17-18-19-23(29)22-28(25,26)27-21-20-24(2,3)4/h23H,5-22H2,1-4H3,(H-,25,26,29)/p+1. The van der Waals surface area contributed by atoms with Gasteiger partial charge >= 0.3 is 7.60 Å². The van der Waals surface area contributed by atoms with E-state index in [1.54, 1.807) is 0 Å². The summed E-state index contributed by atoms with van der Waals surface area (Å²) in [7, 11) is 2.62. The van der Waals surface area contributed by atoms with Crippen LogP contribution in [0.1, 0.15) is 103 Å². The van der Waals surface area contributed by atoms with Gasteiger partial charge in [-0.2, -0.15) is 12.6 Å². The molecule has 0 heterocycles. The molecule has 0 aromatic carbocycles. The molecule has 6 heteroatoms. The van der Waals surface area contributed by atoms with Crippen LogP contribution in [0.15, 0.2) is 0 Å². The van der Waals surface area contributed by atoms with Gasteiger partial charge in [0.2, 0.25) is 0 Å². The molecular weight excluding hydrogens is 401 g/mol. The minimum atomic E-state index is -3.51. The van der Waals surface area contributed by atoms with Crippen LogP contribution in [-0.4, -0.2) is 55.1 Å². The Morgan fingerprint density at radius 1 is 0.828 bits per heavy atom. The molecule has 2 atom stereocenters. The molecule has 0 aromatic rings. The molecule has 0 spiro atoms. The lowest BCUT2D eigenvalue weighted by atomic mass is 10.0. The maximum atomic E-state index is 12.1. The van der Waals surface area contributed by atoms with E-state index in [4.69, 9.17) is 4.52 Å². The predicted molar refractivity (Wildman–Crippen MR) is 131 cm³/mol. The SMILES string of the molecule is CCCCCCCCCCCCCCCCC(S)CP(=O)(O)OCC[N+](C)(C)C. The van der Waals surface area contributed by atoms with Gasteiger partial charge < -0.3 is 13.9 Å². The van der Waals surface area contributed by atoms with Gasteiger partial charge in [0.25, 0.3) is 0 Å². The van der Waals surface area contributed by atoms with Crippen molar-refractivity contribution >= 4 is 20.2 Å². The van der Waals surface area contributed by atoms with E-state index < -0.39 is 7.60 Å². The first-order valence-corrected chi connectivity index (χ1v) is 14.4. The van der Waals surface area contributed by atoms with Crippen molar-refractivity contribution in [1.82, 2.24) is 0 Å². The Balaban J connectivity index is 3.46. The summed E-state index contributed by atoms with van der Waals surface area (Å²) in [5.74, 6) is 0. The molecule has 2 unspecified atom stereocenters. The molecule has 0 aliphatic heterocycles. The first-order valence-electron chi connectivity index (χ1n) is 12.1. The van der Waals surface area contributed by atoms with Gasteiger partial charge in [0.05, 0.1) is 27.3 Å². The highest BCUT2D eigenvalue weighted by Gasteiger charge is 2.24. The highest BCUT2D eigenvalue weighted by Crippen LogP contribution is 2.43. The Labute approximate surface area is 187 Å². The molecule has 1 N–H and O–H groups in total. The number of thiol groups is 1. The summed E-state index contributed by atoms with van der Waals surface area (Å²) >= 11 is 4.50. The number of rotatable bonds is 21. The average Bonchev–Trinajstić information content (AvgIpc) is 2.60. The highest BCUT2D eigenvalue weighted by molar-refractivity contribution is 7.81. The van der Waals surface area contributed by atoms with Gasteiger partial charge in [-0.1, -0.05) is 96.8 Å². The molecule has 0 aliphatic carbocycles. The van der Waals surface area contributed by atoms with Gasteiger partial charge in [0, 0.05) is 5.25 Å². The van der Waals surface area contributed by atoms with Crippen LogP contribution in [0.4, 0.5) is 0 Å². The Hall–Kier alpha value is 0.460. The predicted octanol–water partition coefficient (Wildman–Crippen LogP) is 7.06. The summed E-state index contributed by atoms with van der Waals surface area (Å²) in [4.78, 5) is 9.97. The van der Waals surface area contributed by atoms with Gasteiger partial charge in [0.15, 0.2) is 0 Å². The van der Waals surface area contributed by atoms with Crippen molar-refractivity contribution in [1.29, 1.82) is 0 Å². The van der Waals surface area contributed by atoms with Crippen molar-refractivity contribution < 1.29 is 18.5 Å². The van der Waals surface area contributed by atoms with Crippen LogP contribution < -0.4 is 0 Å². The molecule has 0 saturated carbocycles. The Bertz CT molecular complexity index is 415. The molecule has 0 saturated heterocycles. The van der Waals surface area contributed by atoms with E-state index in [0.29, 0.717) is 6.61 Å². The molecule has 0 rings (SSSR count). The highest BCUT2D eigenvalue weighted by atomic mass is 32.1. The smallest absolute Gasteiger partial charge is 0.329 e. The lowest BCUT2D eigenvalue weighted by Crippen LogP contribution is -2.37. The number of unbranched alkanes of at least 4 members (excludes halogenated alkanes) is 13. The zero-order valence-electron chi connectivity index (χ0n) is 19.9. The third kappa shape index (κ3) is 23.0. The number of hydrogen-bond donors (Lipinski definition) is 2. The molecule has 29 heavy (non-hydrogen) atoms. The van der Waals surface area contributed by atoms with Gasteiger partial charge in [-0.15, -0.1) is 0 Å². The van der Waals surface area contributed by atoms with E-state index in [1.165, 1.54) is 83.5 Å². The van der Waals surface area contributed by atoms with Gasteiger partial charge in [0.1, 0.15) is 13.2 Å². The molecule has 4 nitrogen and oxygen atoms in total. The second-order valence-corrected chi connectivity index (χ2v) is 12.3. The second-order valence-electron chi connectivity index (χ2n) is 9.71. The lowest BCUT2D eigenvalue weighted by Gasteiger charge is -2.24. The summed E-state index contributed by atoms with van der Waals surface area (Å²) in [6, 6.07) is 0. The third-order valence-electron chi connectivity index (χ3n) is 5.39. The summed E-state index contributed by atoms with van der Waals surface area (Å²) in [5, 5.41) is -0.0488. The Kier molecular flexibility index (Phi) is 18.4. The summed E-state index contributed by atoms with van der Waals surface area (Å²) in [5.41, 5.74) is 0. The van der Waals surface area contributed by atoms with Crippen molar-refractivity contribution in [3.8, 4) is 0 Å². The minimum Gasteiger partial charge on any atom is -0.329 e. The first-order chi connectivity index (χ1) is 13.7. The zero-order chi connectivity index (χ0) is 22.0. The van der Waals surface area contributed by atoms with Gasteiger partial charge in [-0.3, -0.25) is 4.57 Å². The summed E-state index contributed by atoms with van der Waals surface area (Å²) in [6.07, 6.45) is 19.9. The van der Waals surface area contributed by atoms with Crippen LogP contribution in [0.3, 0.4) is 0 Å². The van der Waals surface area contributed by atoms with E-state index in [0.717, 1.165) is 23.9 Å². The van der Waals surface area contributed by atoms with Crippen LogP contribution in [0.5, 0.6) is 0 Å². The first kappa shape index (κ1) is 29.5. The van der Waals surface area contributed by atoms with Crippen molar-refractivity contribution in [2.24, 2.45) is 0 Å². The van der Waals surface area contributed by atoms with Crippen LogP contribution in [0, 0.1) is 0 Å². The molecular formula is C23H51NO3PS+. The number of nitrogens with zero attached hydrogens (tertiary/aromatic N) is 1. The molecule has 0 aromatic heterocycles. The molecule has 0 bridgehead atoms. The average molecular weight is 453 g/mol. The largest absolute Gasteiger partial charge is 0.329 e. The maximum Gasteiger partial charge on any atom is 0.329 e. The molecule has 0 fully saturated rings. The van der Waals surface area contributed by atoms with E-state index in [1.807, 2.05) is 21.1 Å². The lowest BCUT2D eigenvalue weighted by molar-refractivity contribution is -0.870. The van der Waals surface area contributed by atoms with E-state index in [-0.39, 0.29) is 11.4 Å². The number of hydrogen-bond acceptors (Lipinski definition) is 3. The fraction of sp³-hybridized carbons (Fsp3) is 1.00. The number of likely N-dealkylation sites (N-methyl/N-ethyl adjacent to an activating group) is 1. The van der Waals surface area contributed by atoms with Gasteiger partial charge in [-0.05, 0) is 6.42 Å². The van der Waals surface area contributed by atoms with E-state index >= 15 is 0 Å². The molecule has 176 valence electrons. The Morgan fingerprint density at radius 3 is 1.66 bits per heavy atom. The molecule has 0 radical (unpaired) electrons.